The number of rotatable bonds is 9. The molecule has 94 valence electrons. The van der Waals surface area contributed by atoms with E-state index in [1.54, 1.807) is 0 Å². The highest BCUT2D eigenvalue weighted by atomic mass is 16.3. The molecule has 5 nitrogen and oxygen atoms in total. The Bertz CT molecular complexity index is 111. The van der Waals surface area contributed by atoms with Gasteiger partial charge in [0.05, 0.1) is 26.7 Å². The molecule has 0 saturated heterocycles. The lowest BCUT2D eigenvalue weighted by Gasteiger charge is -2.34. The van der Waals surface area contributed by atoms with E-state index >= 15 is 0 Å². The van der Waals surface area contributed by atoms with Gasteiger partial charge in [0.25, 0.3) is 0 Å². The molecule has 15 heavy (non-hydrogen) atoms. The SMILES string of the molecule is C[N+](CCCO)(CCCO)CCCO.[OH-]. The van der Waals surface area contributed by atoms with E-state index in [2.05, 4.69) is 7.05 Å². The van der Waals surface area contributed by atoms with Crippen LogP contribution in [0.3, 0.4) is 0 Å². The van der Waals surface area contributed by atoms with Crippen LogP contribution in [0.2, 0.25) is 0 Å². The molecule has 0 amide bonds. The quantitative estimate of drug-likeness (QED) is 0.455. The van der Waals surface area contributed by atoms with Crippen LogP contribution in [0, 0.1) is 0 Å². The van der Waals surface area contributed by atoms with Gasteiger partial charge in [0.15, 0.2) is 0 Å². The van der Waals surface area contributed by atoms with Gasteiger partial charge >= 0.3 is 0 Å². The molecule has 0 aliphatic carbocycles. The van der Waals surface area contributed by atoms with Crippen LogP contribution in [-0.2, 0) is 0 Å². The monoisotopic (exact) mass is 223 g/mol. The molecule has 0 fully saturated rings. The van der Waals surface area contributed by atoms with Crippen molar-refractivity contribution in [2.45, 2.75) is 19.3 Å². The third-order valence-electron chi connectivity index (χ3n) is 2.57. The van der Waals surface area contributed by atoms with Gasteiger partial charge in [-0.2, -0.15) is 0 Å². The summed E-state index contributed by atoms with van der Waals surface area (Å²) in [5, 5.41) is 26.3. The maximum absolute atomic E-state index is 8.77. The molecule has 0 saturated carbocycles. The lowest BCUT2D eigenvalue weighted by atomic mass is 10.2. The molecule has 0 bridgehead atoms. The van der Waals surface area contributed by atoms with E-state index in [1.807, 2.05) is 0 Å². The minimum absolute atomic E-state index is 0. The second-order valence-electron chi connectivity index (χ2n) is 4.02. The summed E-state index contributed by atoms with van der Waals surface area (Å²) in [7, 11) is 2.11. The van der Waals surface area contributed by atoms with Gasteiger partial charge < -0.3 is 25.3 Å². The Labute approximate surface area is 91.9 Å². The van der Waals surface area contributed by atoms with Gasteiger partial charge in [-0.05, 0) is 0 Å². The van der Waals surface area contributed by atoms with E-state index in [4.69, 9.17) is 15.3 Å². The Morgan fingerprint density at radius 2 is 1.00 bits per heavy atom. The minimum atomic E-state index is 0. The first kappa shape index (κ1) is 17.2. The van der Waals surface area contributed by atoms with Crippen molar-refractivity contribution < 1.29 is 25.3 Å². The normalized spacial score (nSPS) is 11.2. The molecule has 0 aliphatic heterocycles. The van der Waals surface area contributed by atoms with Gasteiger partial charge in [0.1, 0.15) is 0 Å². The van der Waals surface area contributed by atoms with Crippen molar-refractivity contribution >= 4 is 0 Å². The largest absolute Gasteiger partial charge is 0.870 e. The maximum Gasteiger partial charge on any atom is 0.0806 e. The highest BCUT2D eigenvalue weighted by Crippen LogP contribution is 2.07. The molecule has 4 N–H and O–H groups in total. The number of aliphatic hydroxyl groups is 3. The van der Waals surface area contributed by atoms with Crippen molar-refractivity contribution in [3.8, 4) is 0 Å². The van der Waals surface area contributed by atoms with Gasteiger partial charge in [0, 0.05) is 39.1 Å². The number of hydrogen-bond acceptors (Lipinski definition) is 4. The molecule has 5 heteroatoms. The fourth-order valence-corrected chi connectivity index (χ4v) is 1.69. The second-order valence-corrected chi connectivity index (χ2v) is 4.02. The highest BCUT2D eigenvalue weighted by Gasteiger charge is 2.19. The molecule has 0 unspecified atom stereocenters. The molecule has 0 aromatic heterocycles. The number of quaternary nitrogens is 1. The van der Waals surface area contributed by atoms with Crippen LogP contribution >= 0.6 is 0 Å². The van der Waals surface area contributed by atoms with Crippen molar-refractivity contribution in [3.63, 3.8) is 0 Å². The summed E-state index contributed by atoms with van der Waals surface area (Å²) < 4.78 is 0.835. The molecular formula is C10H25NO4. The third-order valence-corrected chi connectivity index (χ3v) is 2.57. The molecule has 0 aromatic rings. The number of aliphatic hydroxyl groups excluding tert-OH is 3. The molecule has 0 heterocycles. The summed E-state index contributed by atoms with van der Waals surface area (Å²) in [6.45, 7) is 3.38. The third kappa shape index (κ3) is 8.77. The Morgan fingerprint density at radius 3 is 1.20 bits per heavy atom. The summed E-state index contributed by atoms with van der Waals surface area (Å²) in [6.07, 6.45) is 2.36. The summed E-state index contributed by atoms with van der Waals surface area (Å²) in [4.78, 5) is 0. The van der Waals surface area contributed by atoms with E-state index < -0.39 is 0 Å². The lowest BCUT2D eigenvalue weighted by molar-refractivity contribution is -0.910. The Balaban J connectivity index is 0. The van der Waals surface area contributed by atoms with E-state index in [1.165, 1.54) is 0 Å². The summed E-state index contributed by atoms with van der Waals surface area (Å²) in [5.74, 6) is 0. The van der Waals surface area contributed by atoms with E-state index in [9.17, 15) is 0 Å². The van der Waals surface area contributed by atoms with Crippen LogP contribution < -0.4 is 0 Å². The van der Waals surface area contributed by atoms with Crippen LogP contribution in [0.5, 0.6) is 0 Å². The molecular weight excluding hydrogens is 198 g/mol. The molecule has 0 aromatic carbocycles. The standard InChI is InChI=1S/C10H24NO3.H2O/c1-11(5-2-8-12,6-3-9-13)7-4-10-14;/h12-14H,2-10H2,1H3;1H2/q+1;/p-1. The first-order valence-corrected chi connectivity index (χ1v) is 5.34. The molecule has 0 atom stereocenters. The molecule has 0 rings (SSSR count). The van der Waals surface area contributed by atoms with Crippen LogP contribution in [0.25, 0.3) is 0 Å². The van der Waals surface area contributed by atoms with Crippen molar-refractivity contribution in [2.75, 3.05) is 46.5 Å². The molecule has 0 spiro atoms. The first-order chi connectivity index (χ1) is 6.68. The number of hydrogen-bond donors (Lipinski definition) is 3. The van der Waals surface area contributed by atoms with Crippen LogP contribution in [0.15, 0.2) is 0 Å². The van der Waals surface area contributed by atoms with Crippen LogP contribution in [0.1, 0.15) is 19.3 Å². The minimum Gasteiger partial charge on any atom is -0.870 e. The van der Waals surface area contributed by atoms with Crippen LogP contribution in [0.4, 0.5) is 0 Å². The van der Waals surface area contributed by atoms with Gasteiger partial charge in [0.2, 0.25) is 0 Å². The van der Waals surface area contributed by atoms with E-state index in [-0.39, 0.29) is 25.3 Å². The average Bonchev–Trinajstić information content (AvgIpc) is 2.21. The lowest BCUT2D eigenvalue weighted by Crippen LogP contribution is -2.47. The topological polar surface area (TPSA) is 90.7 Å². The Morgan fingerprint density at radius 1 is 0.733 bits per heavy atom. The zero-order valence-corrected chi connectivity index (χ0v) is 9.60. The van der Waals surface area contributed by atoms with Crippen molar-refractivity contribution in [2.24, 2.45) is 0 Å². The highest BCUT2D eigenvalue weighted by molar-refractivity contribution is 4.43. The van der Waals surface area contributed by atoms with Gasteiger partial charge in [-0.3, -0.25) is 0 Å². The van der Waals surface area contributed by atoms with Crippen molar-refractivity contribution in [1.82, 2.24) is 0 Å². The smallest absolute Gasteiger partial charge is 0.0806 e. The van der Waals surface area contributed by atoms with Gasteiger partial charge in [-0.1, -0.05) is 0 Å². The zero-order chi connectivity index (χ0) is 10.9. The summed E-state index contributed by atoms with van der Waals surface area (Å²) >= 11 is 0. The number of nitrogens with zero attached hydrogens (tertiary/aromatic N) is 1. The predicted octanol–water partition coefficient (Wildman–Crippen LogP) is -0.597. The van der Waals surface area contributed by atoms with Crippen LogP contribution in [-0.4, -0.2) is 71.8 Å². The second kappa shape index (κ2) is 10.3. The van der Waals surface area contributed by atoms with Gasteiger partial charge in [-0.15, -0.1) is 0 Å². The Hall–Kier alpha value is -0.200. The zero-order valence-electron chi connectivity index (χ0n) is 9.60. The van der Waals surface area contributed by atoms with E-state index in [0.29, 0.717) is 0 Å². The average molecular weight is 223 g/mol. The fourth-order valence-electron chi connectivity index (χ4n) is 1.69. The summed E-state index contributed by atoms with van der Waals surface area (Å²) in [5.41, 5.74) is 0. The Kier molecular flexibility index (Phi) is 11.8. The molecule has 0 radical (unpaired) electrons. The van der Waals surface area contributed by atoms with Crippen molar-refractivity contribution in [3.05, 3.63) is 0 Å². The molecule has 0 aliphatic rings. The van der Waals surface area contributed by atoms with E-state index in [0.717, 1.165) is 43.4 Å². The first-order valence-electron chi connectivity index (χ1n) is 5.34. The van der Waals surface area contributed by atoms with Crippen molar-refractivity contribution in [1.29, 1.82) is 0 Å². The fraction of sp³-hybridized carbons (Fsp3) is 1.00. The summed E-state index contributed by atoms with van der Waals surface area (Å²) in [6, 6.07) is 0. The van der Waals surface area contributed by atoms with Gasteiger partial charge in [-0.25, -0.2) is 0 Å². The predicted molar refractivity (Wildman–Crippen MR) is 57.8 cm³/mol. The maximum atomic E-state index is 8.77.